The van der Waals surface area contributed by atoms with Crippen molar-refractivity contribution in [2.45, 2.75) is 32.8 Å². The zero-order valence-corrected chi connectivity index (χ0v) is 17.2. The van der Waals surface area contributed by atoms with Crippen LogP contribution in [0.5, 0.6) is 0 Å². The Morgan fingerprint density at radius 1 is 1.17 bits per heavy atom. The molecule has 1 aliphatic heterocycles. The van der Waals surface area contributed by atoms with Crippen LogP contribution in [-0.2, 0) is 28.6 Å². The Morgan fingerprint density at radius 2 is 1.83 bits per heavy atom. The predicted octanol–water partition coefficient (Wildman–Crippen LogP) is 2.32. The van der Waals surface area contributed by atoms with Crippen LogP contribution >= 0.6 is 0 Å². The molecule has 160 valence electrons. The first-order valence-corrected chi connectivity index (χ1v) is 8.99. The number of aliphatic imine (C=N–C) groups is 1. The third-order valence-electron chi connectivity index (χ3n) is 4.76. The second-order valence-electron chi connectivity index (χ2n) is 6.65. The molecular weight excluding hydrogens is 396 g/mol. The smallest absolute Gasteiger partial charge is 0.346 e. The highest BCUT2D eigenvalue weighted by molar-refractivity contribution is 6.07. The van der Waals surface area contributed by atoms with Crippen LogP contribution in [0.1, 0.15) is 32.3 Å². The highest BCUT2D eigenvalue weighted by Gasteiger charge is 2.43. The quantitative estimate of drug-likeness (QED) is 0.297. The molecule has 0 N–H and O–H groups in total. The molecule has 10 heteroatoms. The molecule has 0 aromatic heterocycles. The van der Waals surface area contributed by atoms with E-state index in [0.29, 0.717) is 11.3 Å². The van der Waals surface area contributed by atoms with E-state index < -0.39 is 40.8 Å². The number of methoxy groups -OCH3 is 2. The van der Waals surface area contributed by atoms with E-state index in [4.69, 9.17) is 9.47 Å². The lowest BCUT2D eigenvalue weighted by Crippen LogP contribution is -2.37. The molecule has 0 amide bonds. The van der Waals surface area contributed by atoms with Gasteiger partial charge >= 0.3 is 17.9 Å². The minimum Gasteiger partial charge on any atom is -0.468 e. The molecule has 2 rings (SSSR count). The van der Waals surface area contributed by atoms with Crippen LogP contribution in [0.4, 0.5) is 5.69 Å². The summed E-state index contributed by atoms with van der Waals surface area (Å²) in [7, 11) is 2.35. The van der Waals surface area contributed by atoms with Gasteiger partial charge in [-0.05, 0) is 26.3 Å². The minimum atomic E-state index is -1.20. The first kappa shape index (κ1) is 22.7. The summed E-state index contributed by atoms with van der Waals surface area (Å²) in [5.74, 6) is -4.25. The van der Waals surface area contributed by atoms with E-state index >= 15 is 0 Å². The first-order chi connectivity index (χ1) is 14.1. The van der Waals surface area contributed by atoms with Gasteiger partial charge in [-0.2, -0.15) is 0 Å². The molecule has 0 bridgehead atoms. The van der Waals surface area contributed by atoms with Gasteiger partial charge in [0.05, 0.1) is 24.7 Å². The molecule has 0 aliphatic carbocycles. The maximum Gasteiger partial charge on any atom is 0.346 e. The summed E-state index contributed by atoms with van der Waals surface area (Å²) in [5.41, 5.74) is 0.794. The van der Waals surface area contributed by atoms with Gasteiger partial charge in [0.25, 0.3) is 5.69 Å². The number of rotatable bonds is 6. The molecule has 0 saturated heterocycles. The number of carbonyl (C=O) groups excluding carboxylic acids is 3. The van der Waals surface area contributed by atoms with Crippen molar-refractivity contribution in [1.29, 1.82) is 0 Å². The van der Waals surface area contributed by atoms with Gasteiger partial charge in [0.1, 0.15) is 5.92 Å². The van der Waals surface area contributed by atoms with Gasteiger partial charge in [-0.15, -0.1) is 0 Å². The lowest BCUT2D eigenvalue weighted by molar-refractivity contribution is -0.384. The molecular formula is C20H22N2O8. The Kier molecular flexibility index (Phi) is 7.04. The summed E-state index contributed by atoms with van der Waals surface area (Å²) in [6, 6.07) is 5.60. The van der Waals surface area contributed by atoms with Gasteiger partial charge in [-0.3, -0.25) is 19.9 Å². The molecule has 0 fully saturated rings. The predicted molar refractivity (Wildman–Crippen MR) is 105 cm³/mol. The van der Waals surface area contributed by atoms with Crippen molar-refractivity contribution in [1.82, 2.24) is 0 Å². The molecule has 1 aromatic rings. The first-order valence-electron chi connectivity index (χ1n) is 8.99. The van der Waals surface area contributed by atoms with Crippen LogP contribution in [0.3, 0.4) is 0 Å². The van der Waals surface area contributed by atoms with Crippen molar-refractivity contribution in [2.24, 2.45) is 10.9 Å². The maximum atomic E-state index is 13.0. The van der Waals surface area contributed by atoms with Gasteiger partial charge in [0.2, 0.25) is 0 Å². The lowest BCUT2D eigenvalue weighted by Gasteiger charge is -2.31. The van der Waals surface area contributed by atoms with E-state index in [2.05, 4.69) is 9.73 Å². The van der Waals surface area contributed by atoms with Crippen molar-refractivity contribution < 1.29 is 33.5 Å². The van der Waals surface area contributed by atoms with E-state index in [0.717, 1.165) is 7.11 Å². The molecule has 0 saturated carbocycles. The normalized spacial score (nSPS) is 19.4. The monoisotopic (exact) mass is 418 g/mol. The highest BCUT2D eigenvalue weighted by Crippen LogP contribution is 2.41. The summed E-state index contributed by atoms with van der Waals surface area (Å²) in [6.07, 6.45) is -1.20. The van der Waals surface area contributed by atoms with E-state index in [1.54, 1.807) is 19.9 Å². The Morgan fingerprint density at radius 3 is 2.40 bits per heavy atom. The summed E-state index contributed by atoms with van der Waals surface area (Å²) >= 11 is 0. The summed E-state index contributed by atoms with van der Waals surface area (Å²) in [6.45, 7) is 4.51. The fraction of sp³-hybridized carbons (Fsp3) is 0.400. The highest BCUT2D eigenvalue weighted by atomic mass is 16.6. The Labute approximate surface area is 172 Å². The number of ether oxygens (including phenoxy) is 3. The molecule has 3 unspecified atom stereocenters. The van der Waals surface area contributed by atoms with Crippen molar-refractivity contribution in [3.8, 4) is 0 Å². The summed E-state index contributed by atoms with van der Waals surface area (Å²) in [4.78, 5) is 52.1. The molecule has 0 spiro atoms. The number of esters is 3. The van der Waals surface area contributed by atoms with Gasteiger partial charge in [-0.25, -0.2) is 9.59 Å². The second kappa shape index (κ2) is 9.29. The Hall–Kier alpha value is -3.56. The number of hydrogen-bond acceptors (Lipinski definition) is 9. The maximum absolute atomic E-state index is 13.0. The van der Waals surface area contributed by atoms with Crippen LogP contribution in [0.25, 0.3) is 0 Å². The van der Waals surface area contributed by atoms with Gasteiger partial charge < -0.3 is 14.2 Å². The average molecular weight is 418 g/mol. The summed E-state index contributed by atoms with van der Waals surface area (Å²) in [5, 5.41) is 11.2. The zero-order valence-electron chi connectivity index (χ0n) is 17.2. The SMILES string of the molecule is COC(=O)C(C)OC(=O)C1=C(C)N=C(C)C(C(=O)OC)C1c1cccc([N+](=O)[O-])c1. The number of nitrogens with zero attached hydrogens (tertiary/aromatic N) is 2. The van der Waals surface area contributed by atoms with Crippen LogP contribution in [0, 0.1) is 16.0 Å². The Bertz CT molecular complexity index is 950. The molecule has 1 aromatic carbocycles. The second-order valence-corrected chi connectivity index (χ2v) is 6.65. The molecule has 10 nitrogen and oxygen atoms in total. The topological polar surface area (TPSA) is 134 Å². The number of hydrogen-bond donors (Lipinski definition) is 0. The van der Waals surface area contributed by atoms with Gasteiger partial charge in [0.15, 0.2) is 6.10 Å². The van der Waals surface area contributed by atoms with E-state index in [1.165, 1.54) is 32.2 Å². The van der Waals surface area contributed by atoms with Gasteiger partial charge in [-0.1, -0.05) is 12.1 Å². The third kappa shape index (κ3) is 4.53. The standard InChI is InChI=1S/C20H22N2O8/c1-10-15(19(24)29-5)17(13-7-6-8-14(9-13)22(26)27)16(11(2)21-10)20(25)30-12(3)18(23)28-4/h6-9,12,15,17H,1-5H3. The number of allylic oxidation sites excluding steroid dienone is 1. The molecule has 30 heavy (non-hydrogen) atoms. The molecule has 3 atom stereocenters. The largest absolute Gasteiger partial charge is 0.468 e. The average Bonchev–Trinajstić information content (AvgIpc) is 2.71. The van der Waals surface area contributed by atoms with Crippen LogP contribution < -0.4 is 0 Å². The van der Waals surface area contributed by atoms with Crippen molar-refractivity contribution in [2.75, 3.05) is 14.2 Å². The fourth-order valence-electron chi connectivity index (χ4n) is 3.36. The lowest BCUT2D eigenvalue weighted by atomic mass is 9.75. The van der Waals surface area contributed by atoms with Crippen molar-refractivity contribution in [3.05, 3.63) is 51.2 Å². The number of carbonyl (C=O) groups is 3. The fourth-order valence-corrected chi connectivity index (χ4v) is 3.36. The number of nitro benzene ring substituents is 1. The summed E-state index contributed by atoms with van der Waals surface area (Å²) < 4.78 is 14.7. The number of benzene rings is 1. The van der Waals surface area contributed by atoms with E-state index in [9.17, 15) is 24.5 Å². The Balaban J connectivity index is 2.62. The zero-order chi connectivity index (χ0) is 22.6. The molecule has 1 aliphatic rings. The molecule has 1 heterocycles. The minimum absolute atomic E-state index is 0.00671. The van der Waals surface area contributed by atoms with E-state index in [-0.39, 0.29) is 17.0 Å². The number of nitro groups is 1. The van der Waals surface area contributed by atoms with E-state index in [1.807, 2.05) is 0 Å². The van der Waals surface area contributed by atoms with Crippen LogP contribution in [0.2, 0.25) is 0 Å². The third-order valence-corrected chi connectivity index (χ3v) is 4.76. The van der Waals surface area contributed by atoms with Crippen LogP contribution in [0.15, 0.2) is 40.5 Å². The van der Waals surface area contributed by atoms with Gasteiger partial charge in [0, 0.05) is 29.5 Å². The van der Waals surface area contributed by atoms with Crippen molar-refractivity contribution >= 4 is 29.3 Å². The molecule has 0 radical (unpaired) electrons. The van der Waals surface area contributed by atoms with Crippen molar-refractivity contribution in [3.63, 3.8) is 0 Å². The number of non-ortho nitro benzene ring substituents is 1. The van der Waals surface area contributed by atoms with Crippen LogP contribution in [-0.4, -0.2) is 48.9 Å².